The van der Waals surface area contributed by atoms with Gasteiger partial charge in [0.1, 0.15) is 0 Å². The van der Waals surface area contributed by atoms with Gasteiger partial charge in [-0.05, 0) is 53.3 Å². The highest BCUT2D eigenvalue weighted by Crippen LogP contribution is 2.32. The Balaban J connectivity index is 0.00000274. The van der Waals surface area contributed by atoms with Crippen LogP contribution in [-0.4, -0.2) is 35.4 Å². The van der Waals surface area contributed by atoms with Crippen molar-refractivity contribution in [1.82, 2.24) is 19.8 Å². The Bertz CT molecular complexity index is 1320. The molecule has 1 amide bonds. The second kappa shape index (κ2) is 9.85. The number of hydrogen-bond acceptors (Lipinski definition) is 4. The number of carbonyl (C=O) groups is 1. The molecule has 2 aliphatic rings. The van der Waals surface area contributed by atoms with Crippen LogP contribution < -0.4 is 5.32 Å². The lowest BCUT2D eigenvalue weighted by Gasteiger charge is -2.28. The third-order valence-corrected chi connectivity index (χ3v) is 9.09. The number of rotatable bonds is 5. The molecule has 10 heteroatoms. The van der Waals surface area contributed by atoms with Crippen LogP contribution in [0.25, 0.3) is 10.8 Å². The first-order valence-electron chi connectivity index (χ1n) is 11.4. The second-order valence-corrected chi connectivity index (χ2v) is 11.6. The average Bonchev–Trinajstić information content (AvgIpc) is 3.39. The summed E-state index contributed by atoms with van der Waals surface area (Å²) in [6, 6.07) is 10.4. The van der Waals surface area contributed by atoms with Crippen LogP contribution in [-0.2, 0) is 23.1 Å². The minimum Gasteiger partial charge on any atom is -0.350 e. The maximum absolute atomic E-state index is 13.3. The van der Waals surface area contributed by atoms with E-state index in [4.69, 9.17) is 11.6 Å². The molecule has 1 saturated carbocycles. The molecular weight excluding hydrogens is 495 g/mol. The number of nitrogens with one attached hydrogen (secondary N) is 2. The van der Waals surface area contributed by atoms with Gasteiger partial charge >= 0.3 is 0 Å². The molecule has 2 aromatic carbocycles. The summed E-state index contributed by atoms with van der Waals surface area (Å²) in [4.78, 5) is 13.1. The molecule has 1 aliphatic carbocycles. The second-order valence-electron chi connectivity index (χ2n) is 9.19. The van der Waals surface area contributed by atoms with Crippen molar-refractivity contribution in [3.63, 3.8) is 0 Å². The van der Waals surface area contributed by atoms with Crippen molar-refractivity contribution >= 4 is 50.7 Å². The zero-order valence-electron chi connectivity index (χ0n) is 18.9. The van der Waals surface area contributed by atoms with Gasteiger partial charge < -0.3 is 5.32 Å². The molecule has 1 aromatic heterocycles. The van der Waals surface area contributed by atoms with Gasteiger partial charge in [-0.15, -0.1) is 12.4 Å². The van der Waals surface area contributed by atoms with Gasteiger partial charge in [0.2, 0.25) is 10.0 Å². The maximum Gasteiger partial charge on any atom is 0.272 e. The van der Waals surface area contributed by atoms with Crippen molar-refractivity contribution in [1.29, 1.82) is 0 Å². The Labute approximate surface area is 210 Å². The van der Waals surface area contributed by atoms with E-state index in [0.717, 1.165) is 17.2 Å². The summed E-state index contributed by atoms with van der Waals surface area (Å²) in [6.07, 6.45) is 4.79. The Hall–Kier alpha value is -2.13. The van der Waals surface area contributed by atoms with Crippen LogP contribution in [0.3, 0.4) is 0 Å². The SMILES string of the molecule is C[C@H]1CCCC[C@H]1CNC(=O)c1n[nH]c2c1CN(S(=O)(=O)c1ccc3cc(Cl)ccc3c1)C2.Cl. The first-order valence-corrected chi connectivity index (χ1v) is 13.2. The lowest BCUT2D eigenvalue weighted by Crippen LogP contribution is -2.34. The largest absolute Gasteiger partial charge is 0.350 e. The van der Waals surface area contributed by atoms with E-state index in [1.165, 1.54) is 23.6 Å². The molecule has 0 spiro atoms. The molecule has 5 rings (SSSR count). The minimum absolute atomic E-state index is 0. The first kappa shape index (κ1) is 25.0. The van der Waals surface area contributed by atoms with Crippen LogP contribution in [0.2, 0.25) is 5.02 Å². The molecule has 0 radical (unpaired) electrons. The number of halogens is 2. The Morgan fingerprint density at radius 1 is 1.15 bits per heavy atom. The van der Waals surface area contributed by atoms with Crippen LogP contribution >= 0.6 is 24.0 Å². The molecule has 182 valence electrons. The number of amides is 1. The summed E-state index contributed by atoms with van der Waals surface area (Å²) in [6.45, 7) is 3.16. The van der Waals surface area contributed by atoms with Crippen molar-refractivity contribution in [2.24, 2.45) is 11.8 Å². The normalized spacial score (nSPS) is 20.6. The van der Waals surface area contributed by atoms with Crippen molar-refractivity contribution in [2.75, 3.05) is 6.54 Å². The summed E-state index contributed by atoms with van der Waals surface area (Å²) in [5.74, 6) is 0.837. The van der Waals surface area contributed by atoms with Crippen LogP contribution in [0.4, 0.5) is 0 Å². The van der Waals surface area contributed by atoms with Gasteiger partial charge in [0.25, 0.3) is 5.91 Å². The van der Waals surface area contributed by atoms with Gasteiger partial charge in [-0.2, -0.15) is 9.40 Å². The molecule has 3 aromatic rings. The third kappa shape index (κ3) is 4.69. The molecule has 0 unspecified atom stereocenters. The maximum atomic E-state index is 13.3. The molecular formula is C24H28Cl2N4O3S. The fourth-order valence-corrected chi connectivity index (χ4v) is 6.57. The van der Waals surface area contributed by atoms with Gasteiger partial charge in [0.05, 0.1) is 17.1 Å². The van der Waals surface area contributed by atoms with Crippen molar-refractivity contribution in [2.45, 2.75) is 50.6 Å². The summed E-state index contributed by atoms with van der Waals surface area (Å²) < 4.78 is 28.0. The van der Waals surface area contributed by atoms with E-state index in [2.05, 4.69) is 22.4 Å². The number of sulfonamides is 1. The van der Waals surface area contributed by atoms with E-state index in [-0.39, 0.29) is 36.3 Å². The monoisotopic (exact) mass is 522 g/mol. The number of aromatic nitrogens is 2. The zero-order valence-corrected chi connectivity index (χ0v) is 21.3. The number of aromatic amines is 1. The first-order chi connectivity index (χ1) is 15.8. The highest BCUT2D eigenvalue weighted by Gasteiger charge is 2.35. The molecule has 0 bridgehead atoms. The summed E-state index contributed by atoms with van der Waals surface area (Å²) in [5, 5.41) is 12.4. The molecule has 2 atom stereocenters. The highest BCUT2D eigenvalue weighted by atomic mass is 35.5. The van der Waals surface area contributed by atoms with Gasteiger partial charge in [0.15, 0.2) is 5.69 Å². The topological polar surface area (TPSA) is 95.2 Å². The fraction of sp³-hybridized carbons (Fsp3) is 0.417. The van der Waals surface area contributed by atoms with E-state index in [0.29, 0.717) is 40.4 Å². The van der Waals surface area contributed by atoms with Gasteiger partial charge in [-0.1, -0.05) is 49.9 Å². The van der Waals surface area contributed by atoms with Crippen LogP contribution in [0.15, 0.2) is 41.3 Å². The number of nitrogens with zero attached hydrogens (tertiary/aromatic N) is 2. The third-order valence-electron chi connectivity index (χ3n) is 7.06. The molecule has 2 N–H and O–H groups in total. The average molecular weight is 523 g/mol. The summed E-state index contributed by atoms with van der Waals surface area (Å²) in [7, 11) is -3.74. The van der Waals surface area contributed by atoms with Crippen molar-refractivity contribution < 1.29 is 13.2 Å². The molecule has 2 heterocycles. The van der Waals surface area contributed by atoms with Gasteiger partial charge in [0, 0.05) is 23.7 Å². The Morgan fingerprint density at radius 2 is 1.88 bits per heavy atom. The molecule has 1 fully saturated rings. The molecule has 1 aliphatic heterocycles. The summed E-state index contributed by atoms with van der Waals surface area (Å²) in [5.41, 5.74) is 1.61. The predicted octanol–water partition coefficient (Wildman–Crippen LogP) is 4.90. The van der Waals surface area contributed by atoms with Crippen LogP contribution in [0.5, 0.6) is 0 Å². The molecule has 0 saturated heterocycles. The highest BCUT2D eigenvalue weighted by molar-refractivity contribution is 7.89. The van der Waals surface area contributed by atoms with Crippen molar-refractivity contribution in [3.8, 4) is 0 Å². The number of H-pyrrole nitrogens is 1. The standard InChI is InChI=1S/C24H27ClN4O3S.ClH/c1-15-4-2-3-5-18(15)12-26-24(30)23-21-13-29(14-22(21)27-28-23)33(31,32)20-9-7-16-10-19(25)8-6-17(16)11-20;/h6-11,15,18H,2-5,12-14H2,1H3,(H,26,30)(H,27,28);1H/t15-,18-;/m0./s1. The zero-order chi connectivity index (χ0) is 23.2. The van der Waals surface area contributed by atoms with Gasteiger partial charge in [-0.3, -0.25) is 9.89 Å². The number of hydrogen-bond donors (Lipinski definition) is 2. The number of benzene rings is 2. The van der Waals surface area contributed by atoms with Crippen molar-refractivity contribution in [3.05, 3.63) is 58.4 Å². The molecule has 7 nitrogen and oxygen atoms in total. The lowest BCUT2D eigenvalue weighted by atomic mass is 9.80. The predicted molar refractivity (Wildman–Crippen MR) is 135 cm³/mol. The van der Waals surface area contributed by atoms with Gasteiger partial charge in [-0.25, -0.2) is 8.42 Å². The Morgan fingerprint density at radius 3 is 2.68 bits per heavy atom. The Kier molecular flexibility index (Phi) is 7.24. The van der Waals surface area contributed by atoms with E-state index in [9.17, 15) is 13.2 Å². The molecule has 34 heavy (non-hydrogen) atoms. The van der Waals surface area contributed by atoms with E-state index in [1.54, 1.807) is 30.3 Å². The fourth-order valence-electron chi connectivity index (χ4n) is 4.98. The van der Waals surface area contributed by atoms with E-state index in [1.807, 2.05) is 6.07 Å². The quantitative estimate of drug-likeness (QED) is 0.498. The van der Waals surface area contributed by atoms with E-state index < -0.39 is 10.0 Å². The smallest absolute Gasteiger partial charge is 0.272 e. The number of carbonyl (C=O) groups excluding carboxylic acids is 1. The number of fused-ring (bicyclic) bond motifs is 2. The van der Waals surface area contributed by atoms with Crippen LogP contribution in [0.1, 0.15) is 54.4 Å². The minimum atomic E-state index is -3.74. The van der Waals surface area contributed by atoms with E-state index >= 15 is 0 Å². The van der Waals surface area contributed by atoms with Crippen LogP contribution in [0, 0.1) is 11.8 Å². The summed E-state index contributed by atoms with van der Waals surface area (Å²) >= 11 is 6.04. The lowest BCUT2D eigenvalue weighted by molar-refractivity contribution is 0.0930.